The highest BCUT2D eigenvalue weighted by atomic mass is 19.4. The molecular formula is C18H26F3N3O2. The van der Waals surface area contributed by atoms with Gasteiger partial charge in [0.2, 0.25) is 5.91 Å². The van der Waals surface area contributed by atoms with Gasteiger partial charge in [0.25, 0.3) is 0 Å². The molecule has 1 aromatic rings. The van der Waals surface area contributed by atoms with Crippen LogP contribution in [0.15, 0.2) is 24.3 Å². The summed E-state index contributed by atoms with van der Waals surface area (Å²) in [5.41, 5.74) is 0.657. The standard InChI is InChI=1S/C18H26F3N3O2/c1-13(2)26-15-6-4-3-5-14(15)11-17(25)23-12-16(18(19,20)21)24-9-7-22-8-10-24/h3-6,13,16,22H,7-12H2,1-2H3,(H,23,25). The number of piperazine rings is 1. The van der Waals surface area contributed by atoms with Crippen molar-refractivity contribution in [3.63, 3.8) is 0 Å². The van der Waals surface area contributed by atoms with E-state index in [0.29, 0.717) is 37.5 Å². The van der Waals surface area contributed by atoms with Crippen LogP contribution in [0, 0.1) is 0 Å². The van der Waals surface area contributed by atoms with E-state index in [1.54, 1.807) is 24.3 Å². The van der Waals surface area contributed by atoms with Crippen LogP contribution in [-0.4, -0.2) is 61.9 Å². The molecule has 0 spiro atoms. The molecule has 2 rings (SSSR count). The molecule has 1 saturated heterocycles. The lowest BCUT2D eigenvalue weighted by atomic mass is 10.1. The Bertz CT molecular complexity index is 587. The average molecular weight is 373 g/mol. The molecule has 146 valence electrons. The SMILES string of the molecule is CC(C)Oc1ccccc1CC(=O)NCC(N1CCNCC1)C(F)(F)F. The third-order valence-electron chi connectivity index (χ3n) is 4.15. The number of hydrogen-bond donors (Lipinski definition) is 2. The highest BCUT2D eigenvalue weighted by Gasteiger charge is 2.43. The van der Waals surface area contributed by atoms with E-state index in [1.807, 2.05) is 13.8 Å². The lowest BCUT2D eigenvalue weighted by Gasteiger charge is -2.35. The largest absolute Gasteiger partial charge is 0.491 e. The molecule has 1 amide bonds. The van der Waals surface area contributed by atoms with Crippen LogP contribution in [0.4, 0.5) is 13.2 Å². The van der Waals surface area contributed by atoms with Crippen LogP contribution in [0.1, 0.15) is 19.4 Å². The zero-order valence-corrected chi connectivity index (χ0v) is 15.1. The maximum Gasteiger partial charge on any atom is 0.405 e. The molecule has 1 aromatic carbocycles. The molecule has 0 saturated carbocycles. The monoisotopic (exact) mass is 373 g/mol. The van der Waals surface area contributed by atoms with Gasteiger partial charge in [0.15, 0.2) is 0 Å². The van der Waals surface area contributed by atoms with Gasteiger partial charge in [-0.1, -0.05) is 18.2 Å². The van der Waals surface area contributed by atoms with E-state index < -0.39 is 24.7 Å². The van der Waals surface area contributed by atoms with E-state index in [0.717, 1.165) is 0 Å². The van der Waals surface area contributed by atoms with Gasteiger partial charge in [0, 0.05) is 38.3 Å². The van der Waals surface area contributed by atoms with E-state index >= 15 is 0 Å². The van der Waals surface area contributed by atoms with Crippen molar-refractivity contribution in [3.8, 4) is 5.75 Å². The number of nitrogens with one attached hydrogen (secondary N) is 2. The first-order valence-corrected chi connectivity index (χ1v) is 8.80. The molecule has 1 aliphatic rings. The average Bonchev–Trinajstić information content (AvgIpc) is 2.56. The van der Waals surface area contributed by atoms with Crippen molar-refractivity contribution in [3.05, 3.63) is 29.8 Å². The zero-order valence-electron chi connectivity index (χ0n) is 15.1. The van der Waals surface area contributed by atoms with E-state index in [9.17, 15) is 18.0 Å². The Hall–Kier alpha value is -1.80. The highest BCUT2D eigenvalue weighted by Crippen LogP contribution is 2.25. The Balaban J connectivity index is 1.96. The Kier molecular flexibility index (Phi) is 7.28. The van der Waals surface area contributed by atoms with Crippen LogP contribution >= 0.6 is 0 Å². The number of para-hydroxylation sites is 1. The quantitative estimate of drug-likeness (QED) is 0.767. The first kappa shape index (κ1) is 20.5. The first-order chi connectivity index (χ1) is 12.3. The molecule has 0 bridgehead atoms. The van der Waals surface area contributed by atoms with Gasteiger partial charge in [-0.25, -0.2) is 0 Å². The predicted octanol–water partition coefficient (Wildman–Crippen LogP) is 1.97. The summed E-state index contributed by atoms with van der Waals surface area (Å²) >= 11 is 0. The number of amides is 1. The molecule has 1 heterocycles. The molecule has 0 radical (unpaired) electrons. The number of ether oxygens (including phenoxy) is 1. The van der Waals surface area contributed by atoms with Crippen LogP contribution in [0.3, 0.4) is 0 Å². The summed E-state index contributed by atoms with van der Waals surface area (Å²) in [5.74, 6) is 0.126. The van der Waals surface area contributed by atoms with Gasteiger partial charge in [-0.05, 0) is 19.9 Å². The number of carbonyl (C=O) groups is 1. The second kappa shape index (κ2) is 9.23. The Morgan fingerprint density at radius 3 is 2.54 bits per heavy atom. The number of carbonyl (C=O) groups excluding carboxylic acids is 1. The maximum atomic E-state index is 13.4. The third-order valence-corrected chi connectivity index (χ3v) is 4.15. The maximum absolute atomic E-state index is 13.4. The molecule has 1 fully saturated rings. The van der Waals surface area contributed by atoms with Crippen LogP contribution in [0.2, 0.25) is 0 Å². The van der Waals surface area contributed by atoms with E-state index in [4.69, 9.17) is 4.74 Å². The molecule has 0 aromatic heterocycles. The van der Waals surface area contributed by atoms with Crippen molar-refractivity contribution in [2.75, 3.05) is 32.7 Å². The summed E-state index contributed by atoms with van der Waals surface area (Å²) in [6.07, 6.45) is -4.46. The fourth-order valence-electron chi connectivity index (χ4n) is 2.91. The van der Waals surface area contributed by atoms with Crippen molar-refractivity contribution in [2.45, 2.75) is 38.6 Å². The molecule has 26 heavy (non-hydrogen) atoms. The first-order valence-electron chi connectivity index (χ1n) is 8.80. The van der Waals surface area contributed by atoms with Crippen LogP contribution in [0.25, 0.3) is 0 Å². The number of nitrogens with zero attached hydrogens (tertiary/aromatic N) is 1. The van der Waals surface area contributed by atoms with Gasteiger partial charge in [-0.3, -0.25) is 9.69 Å². The van der Waals surface area contributed by atoms with Gasteiger partial charge in [-0.2, -0.15) is 13.2 Å². The third kappa shape index (κ3) is 6.17. The summed E-state index contributed by atoms with van der Waals surface area (Å²) in [6.45, 7) is 4.95. The van der Waals surface area contributed by atoms with Crippen LogP contribution in [-0.2, 0) is 11.2 Å². The minimum absolute atomic E-state index is 0.0188. The number of hydrogen-bond acceptors (Lipinski definition) is 4. The Labute approximate surface area is 151 Å². The highest BCUT2D eigenvalue weighted by molar-refractivity contribution is 5.79. The molecule has 1 unspecified atom stereocenters. The molecule has 8 heteroatoms. The summed E-state index contributed by atoms with van der Waals surface area (Å²) < 4.78 is 45.7. The van der Waals surface area contributed by atoms with Gasteiger partial charge in [0.05, 0.1) is 12.5 Å². The molecule has 2 N–H and O–H groups in total. The van der Waals surface area contributed by atoms with Crippen LogP contribution < -0.4 is 15.4 Å². The lowest BCUT2D eigenvalue weighted by molar-refractivity contribution is -0.184. The second-order valence-electron chi connectivity index (χ2n) is 6.60. The van der Waals surface area contributed by atoms with E-state index in [-0.39, 0.29) is 12.5 Å². The molecule has 5 nitrogen and oxygen atoms in total. The second-order valence-corrected chi connectivity index (χ2v) is 6.60. The number of rotatable bonds is 7. The molecule has 1 atom stereocenters. The predicted molar refractivity (Wildman–Crippen MR) is 93.2 cm³/mol. The van der Waals surface area contributed by atoms with Gasteiger partial charge >= 0.3 is 6.18 Å². The Morgan fingerprint density at radius 1 is 1.27 bits per heavy atom. The van der Waals surface area contributed by atoms with Crippen LogP contribution in [0.5, 0.6) is 5.75 Å². The van der Waals surface area contributed by atoms with E-state index in [1.165, 1.54) is 4.90 Å². The van der Waals surface area contributed by atoms with Crippen molar-refractivity contribution in [1.29, 1.82) is 0 Å². The number of alkyl halides is 3. The lowest BCUT2D eigenvalue weighted by Crippen LogP contribution is -2.57. The minimum atomic E-state index is -4.39. The van der Waals surface area contributed by atoms with Gasteiger partial charge in [-0.15, -0.1) is 0 Å². The molecule has 1 aliphatic heterocycles. The topological polar surface area (TPSA) is 53.6 Å². The summed E-state index contributed by atoms with van der Waals surface area (Å²) in [7, 11) is 0. The fourth-order valence-corrected chi connectivity index (χ4v) is 2.91. The van der Waals surface area contributed by atoms with Gasteiger partial charge in [0.1, 0.15) is 11.8 Å². The van der Waals surface area contributed by atoms with Crippen molar-refractivity contribution in [1.82, 2.24) is 15.5 Å². The normalized spacial score (nSPS) is 17.2. The zero-order chi connectivity index (χ0) is 19.2. The van der Waals surface area contributed by atoms with Gasteiger partial charge < -0.3 is 15.4 Å². The molecule has 0 aliphatic carbocycles. The van der Waals surface area contributed by atoms with E-state index in [2.05, 4.69) is 10.6 Å². The van der Waals surface area contributed by atoms with Crippen molar-refractivity contribution in [2.24, 2.45) is 0 Å². The summed E-state index contributed by atoms with van der Waals surface area (Å²) in [6, 6.07) is 5.39. The minimum Gasteiger partial charge on any atom is -0.491 e. The summed E-state index contributed by atoms with van der Waals surface area (Å²) in [4.78, 5) is 13.6. The number of halogens is 3. The van der Waals surface area contributed by atoms with Crippen molar-refractivity contribution >= 4 is 5.91 Å². The molecular weight excluding hydrogens is 347 g/mol. The smallest absolute Gasteiger partial charge is 0.405 e. The fraction of sp³-hybridized carbons (Fsp3) is 0.611. The van der Waals surface area contributed by atoms with Crippen molar-refractivity contribution < 1.29 is 22.7 Å². The summed E-state index contributed by atoms with van der Waals surface area (Å²) in [5, 5.41) is 5.47. The Morgan fingerprint density at radius 2 is 1.92 bits per heavy atom. The number of benzene rings is 1.